The van der Waals surface area contributed by atoms with Crippen LogP contribution in [0.15, 0.2) is 18.2 Å². The molecule has 0 radical (unpaired) electrons. The van der Waals surface area contributed by atoms with Crippen LogP contribution >= 0.6 is 0 Å². The molecule has 1 aliphatic heterocycles. The highest BCUT2D eigenvalue weighted by atomic mass is 16.2. The molecule has 1 saturated heterocycles. The van der Waals surface area contributed by atoms with Crippen LogP contribution in [0.1, 0.15) is 56.2 Å². The van der Waals surface area contributed by atoms with Gasteiger partial charge in [-0.2, -0.15) is 0 Å². The Balaban J connectivity index is 1.74. The molecule has 2 unspecified atom stereocenters. The number of nitrogens with zero attached hydrogens (tertiary/aromatic N) is 1. The molecule has 0 saturated carbocycles. The van der Waals surface area contributed by atoms with Gasteiger partial charge in [0.15, 0.2) is 0 Å². The maximum Gasteiger partial charge on any atom is 0.243 e. The molecule has 2 atom stereocenters. The first-order valence-electron chi connectivity index (χ1n) is 8.58. The minimum atomic E-state index is -0.343. The second-order valence-electron chi connectivity index (χ2n) is 6.53. The van der Waals surface area contributed by atoms with Crippen LogP contribution in [-0.4, -0.2) is 29.3 Å². The van der Waals surface area contributed by atoms with Crippen LogP contribution in [0.3, 0.4) is 0 Å². The zero-order chi connectivity index (χ0) is 16.4. The minimum Gasteiger partial charge on any atom is -0.399 e. The lowest BCUT2D eigenvalue weighted by atomic mass is 9.87. The van der Waals surface area contributed by atoms with E-state index in [0.717, 1.165) is 31.4 Å². The van der Waals surface area contributed by atoms with E-state index in [1.165, 1.54) is 11.1 Å². The van der Waals surface area contributed by atoms with Gasteiger partial charge in [0.25, 0.3) is 0 Å². The highest BCUT2D eigenvalue weighted by Gasteiger charge is 2.33. The van der Waals surface area contributed by atoms with E-state index >= 15 is 0 Å². The summed E-state index contributed by atoms with van der Waals surface area (Å²) < 4.78 is 0. The van der Waals surface area contributed by atoms with Gasteiger partial charge in [-0.1, -0.05) is 13.0 Å². The molecular formula is C18H25N3O2. The zero-order valence-corrected chi connectivity index (χ0v) is 13.7. The average molecular weight is 315 g/mol. The molecule has 5 nitrogen and oxygen atoms in total. The summed E-state index contributed by atoms with van der Waals surface area (Å²) in [6, 6.07) is 5.61. The lowest BCUT2D eigenvalue weighted by Gasteiger charge is -2.31. The van der Waals surface area contributed by atoms with Gasteiger partial charge in [-0.15, -0.1) is 0 Å². The van der Waals surface area contributed by atoms with Crippen LogP contribution in [0.4, 0.5) is 5.69 Å². The van der Waals surface area contributed by atoms with Gasteiger partial charge in [-0.05, 0) is 55.4 Å². The predicted molar refractivity (Wildman–Crippen MR) is 89.7 cm³/mol. The molecule has 3 N–H and O–H groups in total. The number of carbonyl (C=O) groups excluding carboxylic acids is 2. The predicted octanol–water partition coefficient (Wildman–Crippen LogP) is 2.16. The summed E-state index contributed by atoms with van der Waals surface area (Å²) in [6.45, 7) is 2.66. The number of anilines is 1. The number of benzene rings is 1. The van der Waals surface area contributed by atoms with Crippen molar-refractivity contribution in [1.29, 1.82) is 0 Å². The summed E-state index contributed by atoms with van der Waals surface area (Å²) in [4.78, 5) is 26.4. The third-order valence-corrected chi connectivity index (χ3v) is 4.97. The number of carbonyl (C=O) groups is 2. The molecule has 1 aromatic rings. The Labute approximate surface area is 137 Å². The van der Waals surface area contributed by atoms with Gasteiger partial charge >= 0.3 is 0 Å². The molecular weight excluding hydrogens is 290 g/mol. The minimum absolute atomic E-state index is 0.0265. The fourth-order valence-corrected chi connectivity index (χ4v) is 3.80. The molecule has 2 amide bonds. The molecule has 5 heteroatoms. The van der Waals surface area contributed by atoms with Crippen molar-refractivity contribution in [3.63, 3.8) is 0 Å². The van der Waals surface area contributed by atoms with Gasteiger partial charge in [0.2, 0.25) is 11.8 Å². The van der Waals surface area contributed by atoms with E-state index in [4.69, 9.17) is 5.73 Å². The first kappa shape index (κ1) is 15.8. The van der Waals surface area contributed by atoms with Gasteiger partial charge in [0.05, 0.1) is 6.04 Å². The van der Waals surface area contributed by atoms with Crippen molar-refractivity contribution in [1.82, 2.24) is 10.2 Å². The van der Waals surface area contributed by atoms with Crippen molar-refractivity contribution in [3.8, 4) is 0 Å². The van der Waals surface area contributed by atoms with Crippen molar-refractivity contribution in [2.75, 3.05) is 12.3 Å². The number of aryl methyl sites for hydroxylation is 1. The van der Waals surface area contributed by atoms with E-state index in [9.17, 15) is 9.59 Å². The van der Waals surface area contributed by atoms with E-state index in [-0.39, 0.29) is 23.9 Å². The lowest BCUT2D eigenvalue weighted by Crippen LogP contribution is -2.48. The normalized spacial score (nSPS) is 21.9. The van der Waals surface area contributed by atoms with Crippen LogP contribution in [0.25, 0.3) is 0 Å². The molecule has 3 rings (SSSR count). The SMILES string of the molecule is CCC(C(=O)NC1CCCc2cc(N)ccc21)N1CCCC1=O. The van der Waals surface area contributed by atoms with Gasteiger partial charge in [0.1, 0.15) is 6.04 Å². The summed E-state index contributed by atoms with van der Waals surface area (Å²) in [6.07, 6.45) is 5.06. The van der Waals surface area contributed by atoms with Crippen LogP contribution in [-0.2, 0) is 16.0 Å². The van der Waals surface area contributed by atoms with Crippen molar-refractivity contribution in [3.05, 3.63) is 29.3 Å². The topological polar surface area (TPSA) is 75.4 Å². The van der Waals surface area contributed by atoms with E-state index in [1.807, 2.05) is 25.1 Å². The number of nitrogen functional groups attached to an aromatic ring is 1. The third kappa shape index (κ3) is 3.19. The fourth-order valence-electron chi connectivity index (χ4n) is 3.80. The molecule has 0 aromatic heterocycles. The molecule has 124 valence electrons. The summed E-state index contributed by atoms with van der Waals surface area (Å²) in [5.74, 6) is 0.0706. The third-order valence-electron chi connectivity index (χ3n) is 4.97. The number of rotatable bonds is 4. The molecule has 0 bridgehead atoms. The summed E-state index contributed by atoms with van der Waals surface area (Å²) in [5, 5.41) is 3.17. The monoisotopic (exact) mass is 315 g/mol. The highest BCUT2D eigenvalue weighted by Crippen LogP contribution is 2.31. The maximum atomic E-state index is 12.7. The molecule has 0 spiro atoms. The van der Waals surface area contributed by atoms with Gasteiger partial charge < -0.3 is 16.0 Å². The molecule has 2 aliphatic rings. The van der Waals surface area contributed by atoms with Crippen molar-refractivity contribution in [2.45, 2.75) is 57.5 Å². The summed E-state index contributed by atoms with van der Waals surface area (Å²) in [7, 11) is 0. The number of nitrogens with two attached hydrogens (primary N) is 1. The average Bonchev–Trinajstić information content (AvgIpc) is 2.94. The van der Waals surface area contributed by atoms with Crippen LogP contribution in [0, 0.1) is 0 Å². The quantitative estimate of drug-likeness (QED) is 0.836. The Bertz CT molecular complexity index is 614. The summed E-state index contributed by atoms with van der Waals surface area (Å²) in [5.41, 5.74) is 9.03. The Morgan fingerprint density at radius 1 is 1.39 bits per heavy atom. The zero-order valence-electron chi connectivity index (χ0n) is 13.7. The lowest BCUT2D eigenvalue weighted by molar-refractivity contribution is -0.138. The number of hydrogen-bond acceptors (Lipinski definition) is 3. The van der Waals surface area contributed by atoms with Gasteiger partial charge in [0, 0.05) is 18.7 Å². The molecule has 1 fully saturated rings. The molecule has 1 aromatic carbocycles. The number of hydrogen-bond donors (Lipinski definition) is 2. The van der Waals surface area contributed by atoms with Gasteiger partial charge in [-0.25, -0.2) is 0 Å². The first-order chi connectivity index (χ1) is 11.1. The Hall–Kier alpha value is -2.04. The van der Waals surface area contributed by atoms with E-state index in [2.05, 4.69) is 5.32 Å². The second-order valence-corrected chi connectivity index (χ2v) is 6.53. The Kier molecular flexibility index (Phi) is 4.55. The largest absolute Gasteiger partial charge is 0.399 e. The highest BCUT2D eigenvalue weighted by molar-refractivity contribution is 5.88. The fraction of sp³-hybridized carbons (Fsp3) is 0.556. The maximum absolute atomic E-state index is 12.7. The smallest absolute Gasteiger partial charge is 0.243 e. The van der Waals surface area contributed by atoms with Crippen molar-refractivity contribution < 1.29 is 9.59 Å². The number of nitrogens with one attached hydrogen (secondary N) is 1. The number of likely N-dealkylation sites (tertiary alicyclic amines) is 1. The Morgan fingerprint density at radius 2 is 2.22 bits per heavy atom. The number of fused-ring (bicyclic) bond motifs is 1. The van der Waals surface area contributed by atoms with E-state index < -0.39 is 0 Å². The van der Waals surface area contributed by atoms with E-state index in [1.54, 1.807) is 4.90 Å². The molecule has 1 heterocycles. The van der Waals surface area contributed by atoms with Crippen molar-refractivity contribution in [2.24, 2.45) is 0 Å². The molecule has 23 heavy (non-hydrogen) atoms. The van der Waals surface area contributed by atoms with Crippen molar-refractivity contribution >= 4 is 17.5 Å². The summed E-state index contributed by atoms with van der Waals surface area (Å²) >= 11 is 0. The van der Waals surface area contributed by atoms with Gasteiger partial charge in [-0.3, -0.25) is 9.59 Å². The van der Waals surface area contributed by atoms with Crippen LogP contribution in [0.2, 0.25) is 0 Å². The molecule has 1 aliphatic carbocycles. The van der Waals surface area contributed by atoms with Crippen LogP contribution < -0.4 is 11.1 Å². The Morgan fingerprint density at radius 3 is 2.91 bits per heavy atom. The second kappa shape index (κ2) is 6.60. The van der Waals surface area contributed by atoms with Crippen LogP contribution in [0.5, 0.6) is 0 Å². The first-order valence-corrected chi connectivity index (χ1v) is 8.58. The van der Waals surface area contributed by atoms with E-state index in [0.29, 0.717) is 19.4 Å². The standard InChI is InChI=1S/C18H25N3O2/c1-2-16(21-10-4-7-17(21)22)18(23)20-15-6-3-5-12-11-13(19)8-9-14(12)15/h8-9,11,15-16H,2-7,10,19H2,1H3,(H,20,23). The number of amides is 2.